The van der Waals surface area contributed by atoms with E-state index < -0.39 is 0 Å². The fourth-order valence-corrected chi connectivity index (χ4v) is 4.99. The fraction of sp³-hybridized carbons (Fsp3) is 0.524. The molecule has 1 heterocycles. The zero-order valence-electron chi connectivity index (χ0n) is 16.2. The van der Waals surface area contributed by atoms with Gasteiger partial charge in [-0.3, -0.25) is 4.79 Å². The first-order valence-corrected chi connectivity index (χ1v) is 10.7. The summed E-state index contributed by atoms with van der Waals surface area (Å²) in [6.07, 6.45) is 6.76. The van der Waals surface area contributed by atoms with E-state index in [1.807, 2.05) is 12.3 Å². The number of nitrogens with one attached hydrogen (secondary N) is 2. The molecule has 1 aromatic carbocycles. The third-order valence-corrected chi connectivity index (χ3v) is 6.45. The van der Waals surface area contributed by atoms with Crippen molar-refractivity contribution in [1.29, 1.82) is 0 Å². The van der Waals surface area contributed by atoms with Gasteiger partial charge in [0.2, 0.25) is 0 Å². The van der Waals surface area contributed by atoms with E-state index in [-0.39, 0.29) is 11.9 Å². The molecule has 0 saturated heterocycles. The Bertz CT molecular complexity index is 879. The first kappa shape index (κ1) is 19.7. The lowest BCUT2D eigenvalue weighted by atomic mass is 9.95. The number of amides is 1. The maximum atomic E-state index is 13.1. The summed E-state index contributed by atoms with van der Waals surface area (Å²) in [7, 11) is 0. The van der Waals surface area contributed by atoms with Gasteiger partial charge in [-0.15, -0.1) is 0 Å². The minimum Gasteiger partial charge on any atom is -0.348 e. The average molecular weight is 421 g/mol. The van der Waals surface area contributed by atoms with Gasteiger partial charge in [-0.1, -0.05) is 43.5 Å². The number of hydrogen-bond acceptors (Lipinski definition) is 3. The van der Waals surface area contributed by atoms with E-state index in [1.54, 1.807) is 16.8 Å². The molecule has 2 fully saturated rings. The number of halogens is 2. The Morgan fingerprint density at radius 1 is 1.29 bits per heavy atom. The zero-order valence-corrected chi connectivity index (χ0v) is 17.7. The van der Waals surface area contributed by atoms with Crippen LogP contribution in [0.4, 0.5) is 0 Å². The Morgan fingerprint density at radius 3 is 2.75 bits per heavy atom. The summed E-state index contributed by atoms with van der Waals surface area (Å²) < 4.78 is 1.67. The quantitative estimate of drug-likeness (QED) is 0.717. The first-order chi connectivity index (χ1) is 13.4. The second-order valence-electron chi connectivity index (χ2n) is 8.33. The molecule has 3 atom stereocenters. The Hall–Kier alpha value is -1.56. The smallest absolute Gasteiger partial charge is 0.272 e. The van der Waals surface area contributed by atoms with Crippen LogP contribution in [0.3, 0.4) is 0 Å². The van der Waals surface area contributed by atoms with Gasteiger partial charge in [-0.2, -0.15) is 5.10 Å². The lowest BCUT2D eigenvalue weighted by Gasteiger charge is -2.22. The number of benzene rings is 1. The molecule has 0 aliphatic heterocycles. The van der Waals surface area contributed by atoms with Crippen molar-refractivity contribution < 1.29 is 4.79 Å². The van der Waals surface area contributed by atoms with Crippen molar-refractivity contribution in [2.45, 2.75) is 58.2 Å². The van der Waals surface area contributed by atoms with Gasteiger partial charge in [-0.05, 0) is 49.3 Å². The lowest BCUT2D eigenvalue weighted by molar-refractivity contribution is 0.0916. The average Bonchev–Trinajstić information content (AvgIpc) is 3.35. The fourth-order valence-electron chi connectivity index (χ4n) is 4.49. The van der Waals surface area contributed by atoms with E-state index >= 15 is 0 Å². The predicted molar refractivity (Wildman–Crippen MR) is 112 cm³/mol. The minimum absolute atomic E-state index is 0.0954. The summed E-state index contributed by atoms with van der Waals surface area (Å²) in [5, 5.41) is 12.3. The summed E-state index contributed by atoms with van der Waals surface area (Å²) in [6.45, 7) is 4.73. The molecule has 7 heteroatoms. The van der Waals surface area contributed by atoms with E-state index in [2.05, 4.69) is 29.6 Å². The second-order valence-corrected chi connectivity index (χ2v) is 9.18. The zero-order chi connectivity index (χ0) is 19.8. The highest BCUT2D eigenvalue weighted by atomic mass is 35.5. The number of nitrogens with zero attached hydrogens (tertiary/aromatic N) is 2. The molecule has 2 bridgehead atoms. The van der Waals surface area contributed by atoms with Crippen LogP contribution < -0.4 is 10.6 Å². The van der Waals surface area contributed by atoms with Crippen LogP contribution in [0.2, 0.25) is 10.0 Å². The number of carbonyl (C=O) groups is 1. The van der Waals surface area contributed by atoms with Gasteiger partial charge in [0.05, 0.1) is 10.7 Å². The number of hydrogen-bond donors (Lipinski definition) is 2. The van der Waals surface area contributed by atoms with Crippen LogP contribution in [-0.4, -0.2) is 27.8 Å². The van der Waals surface area contributed by atoms with Gasteiger partial charge in [0.25, 0.3) is 5.91 Å². The van der Waals surface area contributed by atoms with Crippen molar-refractivity contribution in [3.05, 3.63) is 45.7 Å². The third-order valence-electron chi connectivity index (χ3n) is 5.92. The Labute approximate surface area is 175 Å². The van der Waals surface area contributed by atoms with Gasteiger partial charge >= 0.3 is 0 Å². The topological polar surface area (TPSA) is 59.0 Å². The molecule has 1 aromatic heterocycles. The maximum Gasteiger partial charge on any atom is 0.272 e. The van der Waals surface area contributed by atoms with E-state index in [1.165, 1.54) is 19.3 Å². The molecule has 1 amide bonds. The summed E-state index contributed by atoms with van der Waals surface area (Å²) in [5.41, 5.74) is 2.03. The Morgan fingerprint density at radius 2 is 2.11 bits per heavy atom. The van der Waals surface area contributed by atoms with E-state index in [4.69, 9.17) is 23.2 Å². The molecule has 2 saturated carbocycles. The molecule has 5 nitrogen and oxygen atoms in total. The summed E-state index contributed by atoms with van der Waals surface area (Å²) >= 11 is 12.4. The molecule has 2 aliphatic rings. The molecule has 0 spiro atoms. The van der Waals surface area contributed by atoms with Gasteiger partial charge in [-0.25, -0.2) is 4.68 Å². The highest BCUT2D eigenvalue weighted by Crippen LogP contribution is 2.44. The van der Waals surface area contributed by atoms with E-state index in [0.717, 1.165) is 17.9 Å². The van der Waals surface area contributed by atoms with Crippen LogP contribution >= 0.6 is 23.2 Å². The van der Waals surface area contributed by atoms with Crippen molar-refractivity contribution in [3.8, 4) is 5.69 Å². The summed E-state index contributed by atoms with van der Waals surface area (Å²) in [5.74, 6) is 1.31. The number of fused-ring (bicyclic) bond motifs is 2. The van der Waals surface area contributed by atoms with Crippen LogP contribution in [0, 0.1) is 11.8 Å². The Kier molecular flexibility index (Phi) is 5.68. The largest absolute Gasteiger partial charge is 0.348 e. The molecule has 2 aromatic rings. The van der Waals surface area contributed by atoms with Gasteiger partial charge in [0.15, 0.2) is 5.69 Å². The van der Waals surface area contributed by atoms with Crippen molar-refractivity contribution >= 4 is 29.1 Å². The monoisotopic (exact) mass is 420 g/mol. The molecule has 150 valence electrons. The molecular formula is C21H26Cl2N4O. The number of carbonyl (C=O) groups excluding carboxylic acids is 1. The maximum absolute atomic E-state index is 13.1. The molecule has 4 rings (SSSR count). The highest BCUT2D eigenvalue weighted by Gasteiger charge is 2.40. The highest BCUT2D eigenvalue weighted by molar-refractivity contribution is 6.35. The summed E-state index contributed by atoms with van der Waals surface area (Å²) in [4.78, 5) is 13.1. The van der Waals surface area contributed by atoms with Gasteiger partial charge in [0.1, 0.15) is 0 Å². The molecule has 0 radical (unpaired) electrons. The number of rotatable bonds is 6. The van der Waals surface area contributed by atoms with Crippen LogP contribution in [0.25, 0.3) is 5.69 Å². The first-order valence-electron chi connectivity index (χ1n) is 9.99. The van der Waals surface area contributed by atoms with E-state index in [9.17, 15) is 4.79 Å². The predicted octanol–water partition coefficient (Wildman–Crippen LogP) is 4.60. The standard InChI is InChI=1S/C21H26Cl2N4O/c1-12(2)24-10-15-11-27(19-6-5-16(22)9-17(19)23)26-20(15)21(28)25-18-8-13-3-4-14(18)7-13/h5-6,9,11-14,18,24H,3-4,7-8,10H2,1-2H3,(H,25,28). The van der Waals surface area contributed by atoms with Crippen molar-refractivity contribution in [2.75, 3.05) is 0 Å². The van der Waals surface area contributed by atoms with Crippen LogP contribution in [-0.2, 0) is 6.54 Å². The second kappa shape index (κ2) is 8.05. The molecule has 2 N–H and O–H groups in total. The van der Waals surface area contributed by atoms with E-state index in [0.29, 0.717) is 39.9 Å². The van der Waals surface area contributed by atoms with Crippen LogP contribution in [0.1, 0.15) is 55.6 Å². The third kappa shape index (κ3) is 4.07. The van der Waals surface area contributed by atoms with Gasteiger partial charge in [0, 0.05) is 35.4 Å². The lowest BCUT2D eigenvalue weighted by Crippen LogP contribution is -2.39. The minimum atomic E-state index is -0.0954. The van der Waals surface area contributed by atoms with Crippen molar-refractivity contribution in [2.24, 2.45) is 11.8 Å². The summed E-state index contributed by atoms with van der Waals surface area (Å²) in [6, 6.07) is 5.85. The van der Waals surface area contributed by atoms with Crippen molar-refractivity contribution in [3.63, 3.8) is 0 Å². The van der Waals surface area contributed by atoms with Crippen molar-refractivity contribution in [1.82, 2.24) is 20.4 Å². The van der Waals surface area contributed by atoms with Crippen LogP contribution in [0.15, 0.2) is 24.4 Å². The van der Waals surface area contributed by atoms with Gasteiger partial charge < -0.3 is 10.6 Å². The molecule has 28 heavy (non-hydrogen) atoms. The molecular weight excluding hydrogens is 395 g/mol. The Balaban J connectivity index is 1.60. The normalized spacial score (nSPS) is 23.5. The SMILES string of the molecule is CC(C)NCc1cn(-c2ccc(Cl)cc2Cl)nc1C(=O)NC1CC2CCC1C2. The molecule has 2 aliphatic carbocycles. The van der Waals surface area contributed by atoms with Crippen LogP contribution in [0.5, 0.6) is 0 Å². The number of aromatic nitrogens is 2. The molecule has 3 unspecified atom stereocenters.